The van der Waals surface area contributed by atoms with E-state index < -0.39 is 0 Å². The van der Waals surface area contributed by atoms with Gasteiger partial charge in [-0.1, -0.05) is 39.8 Å². The third kappa shape index (κ3) is 8.52. The molecule has 0 spiro atoms. The van der Waals surface area contributed by atoms with Crippen LogP contribution in [-0.4, -0.2) is 24.2 Å². The molecule has 0 aliphatic carbocycles. The Labute approximate surface area is 178 Å². The standard InChI is InChI=1S/C23H30N2O3S/c1-16(2)11-12-27-20-9-5-7-18(13-20)22(26)25-23(29)24-19-8-6-10-21(14-19)28-15-17(3)4/h5-10,13-14,16-17H,11-12,15H2,1-4H3,(H2,24,25,26,29). The quantitative estimate of drug-likeness (QED) is 0.547. The third-order valence-electron chi connectivity index (χ3n) is 3.96. The van der Waals surface area contributed by atoms with Crippen LogP contribution in [0.25, 0.3) is 0 Å². The highest BCUT2D eigenvalue weighted by molar-refractivity contribution is 7.80. The van der Waals surface area contributed by atoms with Crippen molar-refractivity contribution in [3.05, 3.63) is 54.1 Å². The average molecular weight is 415 g/mol. The highest BCUT2D eigenvalue weighted by atomic mass is 32.1. The van der Waals surface area contributed by atoms with Crippen molar-refractivity contribution >= 4 is 28.9 Å². The molecule has 2 rings (SSSR count). The first kappa shape index (κ1) is 22.7. The second-order valence-electron chi connectivity index (χ2n) is 7.70. The molecule has 0 atom stereocenters. The molecule has 29 heavy (non-hydrogen) atoms. The largest absolute Gasteiger partial charge is 0.494 e. The van der Waals surface area contributed by atoms with Gasteiger partial charge < -0.3 is 14.8 Å². The second-order valence-corrected chi connectivity index (χ2v) is 8.11. The van der Waals surface area contributed by atoms with Crippen LogP contribution in [0.15, 0.2) is 48.5 Å². The van der Waals surface area contributed by atoms with Gasteiger partial charge in [0, 0.05) is 17.3 Å². The van der Waals surface area contributed by atoms with E-state index in [1.807, 2.05) is 30.3 Å². The van der Waals surface area contributed by atoms with Crippen molar-refractivity contribution in [2.24, 2.45) is 11.8 Å². The number of hydrogen-bond donors (Lipinski definition) is 2. The molecule has 0 radical (unpaired) electrons. The summed E-state index contributed by atoms with van der Waals surface area (Å²) in [5.41, 5.74) is 1.24. The lowest BCUT2D eigenvalue weighted by molar-refractivity contribution is 0.0977. The molecule has 6 heteroatoms. The zero-order valence-corrected chi connectivity index (χ0v) is 18.3. The van der Waals surface area contributed by atoms with E-state index in [2.05, 4.69) is 38.3 Å². The van der Waals surface area contributed by atoms with E-state index in [1.165, 1.54) is 0 Å². The maximum atomic E-state index is 12.5. The molecule has 2 aromatic carbocycles. The van der Waals surface area contributed by atoms with Gasteiger partial charge >= 0.3 is 0 Å². The van der Waals surface area contributed by atoms with Gasteiger partial charge in [-0.15, -0.1) is 0 Å². The first-order chi connectivity index (χ1) is 13.8. The normalized spacial score (nSPS) is 10.7. The number of rotatable bonds is 9. The monoisotopic (exact) mass is 414 g/mol. The molecule has 0 unspecified atom stereocenters. The molecule has 0 bridgehead atoms. The molecule has 1 amide bonds. The summed E-state index contributed by atoms with van der Waals surface area (Å²) in [6.07, 6.45) is 0.963. The Bertz CT molecular complexity index is 821. The van der Waals surface area contributed by atoms with Crippen molar-refractivity contribution < 1.29 is 14.3 Å². The summed E-state index contributed by atoms with van der Waals surface area (Å²) in [5.74, 6) is 2.15. The average Bonchev–Trinajstić information content (AvgIpc) is 2.66. The fourth-order valence-corrected chi connectivity index (χ4v) is 2.61. The zero-order valence-electron chi connectivity index (χ0n) is 17.5. The molecule has 0 heterocycles. The first-order valence-electron chi connectivity index (χ1n) is 9.91. The molecule has 0 fully saturated rings. The SMILES string of the molecule is CC(C)CCOc1cccc(C(=O)NC(=S)Nc2cccc(OCC(C)C)c2)c1. The smallest absolute Gasteiger partial charge is 0.257 e. The van der Waals surface area contributed by atoms with Gasteiger partial charge in [0.15, 0.2) is 5.11 Å². The summed E-state index contributed by atoms with van der Waals surface area (Å²) in [6.45, 7) is 9.74. The van der Waals surface area contributed by atoms with Crippen LogP contribution in [0.4, 0.5) is 5.69 Å². The molecule has 5 nitrogen and oxygen atoms in total. The minimum atomic E-state index is -0.288. The summed E-state index contributed by atoms with van der Waals surface area (Å²) in [6, 6.07) is 14.6. The van der Waals surface area contributed by atoms with Crippen molar-refractivity contribution in [3.8, 4) is 11.5 Å². The van der Waals surface area contributed by atoms with Crippen LogP contribution in [0.5, 0.6) is 11.5 Å². The number of anilines is 1. The van der Waals surface area contributed by atoms with Crippen LogP contribution in [0.1, 0.15) is 44.5 Å². The summed E-state index contributed by atoms with van der Waals surface area (Å²) in [5, 5.41) is 5.95. The van der Waals surface area contributed by atoms with Crippen LogP contribution >= 0.6 is 12.2 Å². The van der Waals surface area contributed by atoms with E-state index in [1.54, 1.807) is 18.2 Å². The van der Waals surface area contributed by atoms with Gasteiger partial charge in [-0.05, 0) is 60.8 Å². The summed E-state index contributed by atoms with van der Waals surface area (Å²) < 4.78 is 11.4. The molecule has 0 aliphatic heterocycles. The number of benzene rings is 2. The van der Waals surface area contributed by atoms with Crippen LogP contribution in [0.2, 0.25) is 0 Å². The van der Waals surface area contributed by atoms with E-state index in [0.717, 1.165) is 17.9 Å². The van der Waals surface area contributed by atoms with Gasteiger partial charge in [0.25, 0.3) is 5.91 Å². The Hall–Kier alpha value is -2.60. The molecule has 156 valence electrons. The van der Waals surface area contributed by atoms with Gasteiger partial charge in [-0.3, -0.25) is 10.1 Å². The number of hydrogen-bond acceptors (Lipinski definition) is 4. The van der Waals surface area contributed by atoms with E-state index in [0.29, 0.717) is 36.4 Å². The van der Waals surface area contributed by atoms with Crippen molar-refractivity contribution in [2.45, 2.75) is 34.1 Å². The number of nitrogens with one attached hydrogen (secondary N) is 2. The Kier molecular flexibility index (Phi) is 8.93. The molecule has 2 N–H and O–H groups in total. The Morgan fingerprint density at radius 3 is 2.34 bits per heavy atom. The predicted octanol–water partition coefficient (Wildman–Crippen LogP) is 5.27. The second kappa shape index (κ2) is 11.4. The number of thiocarbonyl (C=S) groups is 1. The Morgan fingerprint density at radius 2 is 1.66 bits per heavy atom. The third-order valence-corrected chi connectivity index (χ3v) is 4.17. The molecule has 0 saturated heterocycles. The maximum Gasteiger partial charge on any atom is 0.257 e. The molecule has 0 aliphatic rings. The lowest BCUT2D eigenvalue weighted by Crippen LogP contribution is -2.34. The molecule has 2 aromatic rings. The van der Waals surface area contributed by atoms with Gasteiger partial charge in [0.05, 0.1) is 13.2 Å². The number of ether oxygens (including phenoxy) is 2. The van der Waals surface area contributed by atoms with E-state index in [-0.39, 0.29) is 11.0 Å². The number of amides is 1. The van der Waals surface area contributed by atoms with Crippen LogP contribution in [-0.2, 0) is 0 Å². The molecule has 0 aromatic heterocycles. The van der Waals surface area contributed by atoms with Gasteiger partial charge in [0.2, 0.25) is 0 Å². The van der Waals surface area contributed by atoms with Crippen molar-refractivity contribution in [1.29, 1.82) is 0 Å². The Balaban J connectivity index is 1.90. The van der Waals surface area contributed by atoms with E-state index in [9.17, 15) is 4.79 Å². The van der Waals surface area contributed by atoms with E-state index >= 15 is 0 Å². The number of carbonyl (C=O) groups is 1. The van der Waals surface area contributed by atoms with Gasteiger partial charge in [-0.2, -0.15) is 0 Å². The van der Waals surface area contributed by atoms with Crippen molar-refractivity contribution in [1.82, 2.24) is 5.32 Å². The van der Waals surface area contributed by atoms with Crippen molar-refractivity contribution in [3.63, 3.8) is 0 Å². The highest BCUT2D eigenvalue weighted by Crippen LogP contribution is 2.18. The Morgan fingerprint density at radius 1 is 0.966 bits per heavy atom. The van der Waals surface area contributed by atoms with Crippen LogP contribution < -0.4 is 20.1 Å². The minimum Gasteiger partial charge on any atom is -0.494 e. The summed E-state index contributed by atoms with van der Waals surface area (Å²) in [7, 11) is 0. The fraction of sp³-hybridized carbons (Fsp3) is 0.391. The van der Waals surface area contributed by atoms with E-state index in [4.69, 9.17) is 21.7 Å². The lowest BCUT2D eigenvalue weighted by atomic mass is 10.1. The fourth-order valence-electron chi connectivity index (χ4n) is 2.40. The minimum absolute atomic E-state index is 0.224. The first-order valence-corrected chi connectivity index (χ1v) is 10.3. The van der Waals surface area contributed by atoms with Crippen LogP contribution in [0.3, 0.4) is 0 Å². The predicted molar refractivity (Wildman–Crippen MR) is 122 cm³/mol. The summed E-state index contributed by atoms with van der Waals surface area (Å²) in [4.78, 5) is 12.5. The van der Waals surface area contributed by atoms with Gasteiger partial charge in [0.1, 0.15) is 11.5 Å². The van der Waals surface area contributed by atoms with Crippen molar-refractivity contribution in [2.75, 3.05) is 18.5 Å². The number of carbonyl (C=O) groups excluding carboxylic acids is 1. The summed E-state index contributed by atoms with van der Waals surface area (Å²) >= 11 is 5.28. The topological polar surface area (TPSA) is 59.6 Å². The molecular weight excluding hydrogens is 384 g/mol. The van der Waals surface area contributed by atoms with Gasteiger partial charge in [-0.25, -0.2) is 0 Å². The maximum absolute atomic E-state index is 12.5. The zero-order chi connectivity index (χ0) is 21.2. The van der Waals surface area contributed by atoms with Crippen LogP contribution in [0, 0.1) is 11.8 Å². The lowest BCUT2D eigenvalue weighted by Gasteiger charge is -2.13. The highest BCUT2D eigenvalue weighted by Gasteiger charge is 2.10. The molecule has 0 saturated carbocycles. The molecular formula is C23H30N2O3S.